The largest absolute Gasteiger partial charge is 0.388 e. The maximum atomic E-state index is 13.0. The van der Waals surface area contributed by atoms with Crippen LogP contribution >= 0.6 is 0 Å². The molecule has 37 heavy (non-hydrogen) atoms. The van der Waals surface area contributed by atoms with Crippen LogP contribution < -0.4 is 5.32 Å². The molecular weight excluding hydrogens is 464 g/mol. The van der Waals surface area contributed by atoms with Gasteiger partial charge in [0, 0.05) is 30.8 Å². The van der Waals surface area contributed by atoms with Crippen LogP contribution in [0, 0.1) is 17.3 Å². The molecule has 196 valence electrons. The molecule has 2 amide bonds. The second-order valence-corrected chi connectivity index (χ2v) is 10.5. The van der Waals surface area contributed by atoms with Crippen molar-refractivity contribution in [2.75, 3.05) is 20.7 Å². The van der Waals surface area contributed by atoms with Crippen LogP contribution in [-0.4, -0.2) is 53.8 Å². The first-order valence-electron chi connectivity index (χ1n) is 13.0. The van der Waals surface area contributed by atoms with E-state index in [4.69, 9.17) is 0 Å². The summed E-state index contributed by atoms with van der Waals surface area (Å²) in [4.78, 5) is 38.7. The van der Waals surface area contributed by atoms with Crippen LogP contribution in [0.4, 0.5) is 0 Å². The SMILES string of the molecule is CNC(=O)[C@@](C)(C(=O)CO)N(C)C(=O)c1ccc(C#Cc2ccc(CCCC3(C)CCCC3)cc2)cc1. The molecule has 0 aromatic heterocycles. The number of aliphatic hydroxyl groups is 1. The minimum atomic E-state index is -1.82. The Bertz CT molecular complexity index is 1150. The number of nitrogens with zero attached hydrogens (tertiary/aromatic N) is 1. The molecule has 6 nitrogen and oxygen atoms in total. The van der Waals surface area contributed by atoms with Gasteiger partial charge in [0.25, 0.3) is 11.8 Å². The zero-order valence-corrected chi connectivity index (χ0v) is 22.4. The van der Waals surface area contributed by atoms with Crippen LogP contribution in [0.25, 0.3) is 0 Å². The first-order chi connectivity index (χ1) is 17.6. The fraction of sp³-hybridized carbons (Fsp3) is 0.452. The first-order valence-corrected chi connectivity index (χ1v) is 13.0. The van der Waals surface area contributed by atoms with Crippen molar-refractivity contribution < 1.29 is 19.5 Å². The lowest BCUT2D eigenvalue weighted by Gasteiger charge is -2.35. The molecule has 2 N–H and O–H groups in total. The second kappa shape index (κ2) is 12.2. The number of carbonyl (C=O) groups is 3. The van der Waals surface area contributed by atoms with Crippen molar-refractivity contribution in [3.8, 4) is 11.8 Å². The van der Waals surface area contributed by atoms with E-state index in [0.717, 1.165) is 22.4 Å². The highest BCUT2D eigenvalue weighted by atomic mass is 16.3. The standard InChI is InChI=1S/C31H38N2O4/c1-30(19-5-6-20-30)21-7-8-23-9-11-24(12-10-23)13-14-25-15-17-26(18-16-25)28(36)33(4)31(2,27(35)22-34)29(37)32-3/h9-12,15-18,34H,5-8,19-22H2,1-4H3,(H,32,37)/t31-/m1/s1. The van der Waals surface area contributed by atoms with Crippen molar-refractivity contribution in [3.05, 3.63) is 70.8 Å². The first kappa shape index (κ1) is 28.1. The van der Waals surface area contributed by atoms with Gasteiger partial charge in [0.1, 0.15) is 6.61 Å². The van der Waals surface area contributed by atoms with Crippen molar-refractivity contribution in [3.63, 3.8) is 0 Å². The van der Waals surface area contributed by atoms with Gasteiger partial charge in [-0.2, -0.15) is 0 Å². The van der Waals surface area contributed by atoms with E-state index in [9.17, 15) is 19.5 Å². The number of rotatable bonds is 9. The monoisotopic (exact) mass is 502 g/mol. The number of carbonyl (C=O) groups excluding carboxylic acids is 3. The maximum absolute atomic E-state index is 13.0. The van der Waals surface area contributed by atoms with Crippen LogP contribution in [0.15, 0.2) is 48.5 Å². The van der Waals surface area contributed by atoms with Crippen molar-refractivity contribution in [2.24, 2.45) is 5.41 Å². The molecule has 1 atom stereocenters. The summed E-state index contributed by atoms with van der Waals surface area (Å²) in [6.45, 7) is 2.90. The third-order valence-corrected chi connectivity index (χ3v) is 7.82. The number of likely N-dealkylation sites (N-methyl/N-ethyl adjacent to an activating group) is 2. The minimum absolute atomic E-state index is 0.310. The van der Waals surface area contributed by atoms with Crippen molar-refractivity contribution in [1.29, 1.82) is 0 Å². The smallest absolute Gasteiger partial charge is 0.254 e. The molecule has 1 aliphatic carbocycles. The third kappa shape index (κ3) is 6.67. The van der Waals surface area contributed by atoms with E-state index in [0.29, 0.717) is 11.0 Å². The molecule has 0 saturated heterocycles. The van der Waals surface area contributed by atoms with E-state index in [1.54, 1.807) is 24.3 Å². The third-order valence-electron chi connectivity index (χ3n) is 7.82. The molecule has 0 radical (unpaired) electrons. The van der Waals surface area contributed by atoms with Gasteiger partial charge in [-0.15, -0.1) is 0 Å². The predicted octanol–water partition coefficient (Wildman–Crippen LogP) is 4.13. The predicted molar refractivity (Wildman–Crippen MR) is 145 cm³/mol. The number of ketones is 1. The molecule has 0 bridgehead atoms. The van der Waals surface area contributed by atoms with Gasteiger partial charge in [-0.3, -0.25) is 14.4 Å². The lowest BCUT2D eigenvalue weighted by Crippen LogP contribution is -2.62. The molecule has 2 aromatic rings. The Labute approximate surface area is 220 Å². The fourth-order valence-corrected chi connectivity index (χ4v) is 5.05. The molecule has 0 aliphatic heterocycles. The van der Waals surface area contributed by atoms with Crippen LogP contribution in [0.1, 0.15) is 79.4 Å². The number of benzene rings is 2. The molecular formula is C31H38N2O4. The normalized spacial score (nSPS) is 15.7. The quantitative estimate of drug-likeness (QED) is 0.399. The highest BCUT2D eigenvalue weighted by molar-refractivity contribution is 6.14. The Morgan fingerprint density at radius 1 is 1.00 bits per heavy atom. The zero-order valence-electron chi connectivity index (χ0n) is 22.4. The average molecular weight is 503 g/mol. The molecule has 2 aromatic carbocycles. The topological polar surface area (TPSA) is 86.7 Å². The van der Waals surface area contributed by atoms with Gasteiger partial charge < -0.3 is 15.3 Å². The number of aliphatic hydroxyl groups excluding tert-OH is 1. The fourth-order valence-electron chi connectivity index (χ4n) is 5.05. The summed E-state index contributed by atoms with van der Waals surface area (Å²) >= 11 is 0. The van der Waals surface area contributed by atoms with Gasteiger partial charge in [-0.05, 0) is 86.4 Å². The number of nitrogens with one attached hydrogen (secondary N) is 1. The molecule has 0 heterocycles. The van der Waals surface area contributed by atoms with E-state index in [2.05, 4.69) is 36.2 Å². The molecule has 1 aliphatic rings. The van der Waals surface area contributed by atoms with Gasteiger partial charge in [0.15, 0.2) is 11.3 Å². The Hall–Kier alpha value is -3.43. The molecule has 1 saturated carbocycles. The van der Waals surface area contributed by atoms with Crippen LogP contribution in [0.2, 0.25) is 0 Å². The minimum Gasteiger partial charge on any atom is -0.388 e. The van der Waals surface area contributed by atoms with Gasteiger partial charge in [0.2, 0.25) is 0 Å². The summed E-state index contributed by atoms with van der Waals surface area (Å²) in [6.07, 6.45) is 9.10. The summed E-state index contributed by atoms with van der Waals surface area (Å²) in [5.74, 6) is 4.34. The summed E-state index contributed by atoms with van der Waals surface area (Å²) in [6, 6.07) is 15.1. The number of aryl methyl sites for hydroxylation is 1. The molecule has 0 unspecified atom stereocenters. The Balaban J connectivity index is 1.61. The molecule has 6 heteroatoms. The number of hydrogen-bond donors (Lipinski definition) is 2. The molecule has 0 spiro atoms. The number of amides is 2. The van der Waals surface area contributed by atoms with E-state index in [-0.39, 0.29) is 0 Å². The number of Topliss-reactive ketones (excluding diaryl/α,β-unsaturated/α-hetero) is 1. The van der Waals surface area contributed by atoms with E-state index in [1.807, 2.05) is 12.1 Å². The highest BCUT2D eigenvalue weighted by Gasteiger charge is 2.46. The maximum Gasteiger partial charge on any atom is 0.254 e. The summed E-state index contributed by atoms with van der Waals surface area (Å²) in [5.41, 5.74) is 2.04. The van der Waals surface area contributed by atoms with Crippen LogP contribution in [-0.2, 0) is 16.0 Å². The molecule has 3 rings (SSSR count). The summed E-state index contributed by atoms with van der Waals surface area (Å²) in [5, 5.41) is 11.7. The number of hydrogen-bond acceptors (Lipinski definition) is 4. The van der Waals surface area contributed by atoms with E-state index >= 15 is 0 Å². The van der Waals surface area contributed by atoms with Crippen LogP contribution in [0.5, 0.6) is 0 Å². The van der Waals surface area contributed by atoms with E-state index < -0.39 is 29.7 Å². The lowest BCUT2D eigenvalue weighted by molar-refractivity contribution is -0.143. The van der Waals surface area contributed by atoms with Gasteiger partial charge >= 0.3 is 0 Å². The van der Waals surface area contributed by atoms with Crippen molar-refractivity contribution in [2.45, 2.75) is 64.3 Å². The van der Waals surface area contributed by atoms with E-state index in [1.165, 1.54) is 65.1 Å². The second-order valence-electron chi connectivity index (χ2n) is 10.5. The Morgan fingerprint density at radius 3 is 2.05 bits per heavy atom. The van der Waals surface area contributed by atoms with Gasteiger partial charge in [0.05, 0.1) is 0 Å². The zero-order chi connectivity index (χ0) is 27.1. The van der Waals surface area contributed by atoms with Crippen molar-refractivity contribution >= 4 is 17.6 Å². The Morgan fingerprint density at radius 2 is 1.54 bits per heavy atom. The summed E-state index contributed by atoms with van der Waals surface area (Å²) in [7, 11) is 2.75. The Kier molecular flexibility index (Phi) is 9.29. The molecule has 1 fully saturated rings. The summed E-state index contributed by atoms with van der Waals surface area (Å²) < 4.78 is 0. The van der Waals surface area contributed by atoms with Crippen molar-refractivity contribution in [1.82, 2.24) is 10.2 Å². The van der Waals surface area contributed by atoms with Crippen LogP contribution in [0.3, 0.4) is 0 Å². The van der Waals surface area contributed by atoms with Gasteiger partial charge in [-0.25, -0.2) is 0 Å². The lowest BCUT2D eigenvalue weighted by atomic mass is 9.83. The average Bonchev–Trinajstić information content (AvgIpc) is 3.36. The highest BCUT2D eigenvalue weighted by Crippen LogP contribution is 2.41. The van der Waals surface area contributed by atoms with Gasteiger partial charge in [-0.1, -0.05) is 43.7 Å².